The minimum atomic E-state index is -0.460. The van der Waals surface area contributed by atoms with Crippen LogP contribution in [-0.4, -0.2) is 41.3 Å². The number of nitrogens with one attached hydrogen (secondary N) is 1. The van der Waals surface area contributed by atoms with Crippen LogP contribution in [0.4, 0.5) is 0 Å². The Hall–Kier alpha value is -0.0900. The molecule has 0 aromatic heterocycles. The van der Waals surface area contributed by atoms with E-state index in [0.29, 0.717) is 5.92 Å². The van der Waals surface area contributed by atoms with E-state index in [0.717, 1.165) is 13.1 Å². The Balaban J connectivity index is 2.20. The smallest absolute Gasteiger partial charge is 0.236 e. The first-order valence-electron chi connectivity index (χ1n) is 6.59. The van der Waals surface area contributed by atoms with Gasteiger partial charge in [-0.25, -0.2) is 0 Å². The number of amides is 1. The van der Waals surface area contributed by atoms with E-state index in [1.807, 2.05) is 13.8 Å². The van der Waals surface area contributed by atoms with E-state index in [2.05, 4.69) is 33.1 Å². The molecule has 0 radical (unpaired) electrons. The van der Waals surface area contributed by atoms with Crippen molar-refractivity contribution < 1.29 is 4.79 Å². The van der Waals surface area contributed by atoms with Gasteiger partial charge in [-0.15, -0.1) is 0 Å². The molecule has 1 rings (SSSR count). The molecule has 17 heavy (non-hydrogen) atoms. The third-order valence-corrected chi connectivity index (χ3v) is 3.53. The molecule has 100 valence electrons. The fourth-order valence-electron chi connectivity index (χ4n) is 2.12. The van der Waals surface area contributed by atoms with Crippen molar-refractivity contribution in [2.75, 3.05) is 26.2 Å². The van der Waals surface area contributed by atoms with Gasteiger partial charge in [0.1, 0.15) is 0 Å². The van der Waals surface area contributed by atoms with Crippen LogP contribution in [0.5, 0.6) is 0 Å². The van der Waals surface area contributed by atoms with Gasteiger partial charge in [0.2, 0.25) is 5.91 Å². The summed E-state index contributed by atoms with van der Waals surface area (Å²) in [5.41, 5.74) is 0. The van der Waals surface area contributed by atoms with E-state index < -0.39 is 4.32 Å². The first-order valence-corrected chi connectivity index (χ1v) is 7.38. The first kappa shape index (κ1) is 15.0. The van der Waals surface area contributed by atoms with Crippen molar-refractivity contribution in [3.05, 3.63) is 0 Å². The van der Waals surface area contributed by atoms with Crippen molar-refractivity contribution in [3.63, 3.8) is 0 Å². The average Bonchev–Trinajstić information content (AvgIpc) is 2.26. The highest BCUT2D eigenvalue weighted by Gasteiger charge is 2.23. The van der Waals surface area contributed by atoms with Gasteiger partial charge in [-0.2, -0.15) is 0 Å². The second kappa shape index (κ2) is 6.74. The predicted molar refractivity (Wildman–Crippen MR) is 75.5 cm³/mol. The zero-order chi connectivity index (χ0) is 12.9. The average molecular weight is 305 g/mol. The topological polar surface area (TPSA) is 32.3 Å². The third-order valence-electron chi connectivity index (χ3n) is 3.17. The van der Waals surface area contributed by atoms with Crippen molar-refractivity contribution in [2.24, 2.45) is 5.92 Å². The Morgan fingerprint density at radius 3 is 2.47 bits per heavy atom. The monoisotopic (exact) mass is 304 g/mol. The van der Waals surface area contributed by atoms with Crippen molar-refractivity contribution in [2.45, 2.75) is 44.4 Å². The summed E-state index contributed by atoms with van der Waals surface area (Å²) in [7, 11) is 0. The van der Waals surface area contributed by atoms with Gasteiger partial charge < -0.3 is 10.2 Å². The lowest BCUT2D eigenvalue weighted by Gasteiger charge is -2.29. The number of halogens is 1. The molecule has 0 aromatic carbocycles. The van der Waals surface area contributed by atoms with Crippen LogP contribution >= 0.6 is 15.9 Å². The van der Waals surface area contributed by atoms with Gasteiger partial charge in [0.25, 0.3) is 0 Å². The fourth-order valence-corrected chi connectivity index (χ4v) is 2.26. The molecule has 1 saturated heterocycles. The maximum Gasteiger partial charge on any atom is 0.236 e. The highest BCUT2D eigenvalue weighted by atomic mass is 79.9. The molecule has 1 heterocycles. The van der Waals surface area contributed by atoms with E-state index in [4.69, 9.17) is 0 Å². The highest BCUT2D eigenvalue weighted by Crippen LogP contribution is 2.15. The van der Waals surface area contributed by atoms with Crippen molar-refractivity contribution in [1.29, 1.82) is 0 Å². The molecule has 1 atom stereocenters. The van der Waals surface area contributed by atoms with Crippen LogP contribution in [0.15, 0.2) is 0 Å². The van der Waals surface area contributed by atoms with E-state index in [-0.39, 0.29) is 5.91 Å². The summed E-state index contributed by atoms with van der Waals surface area (Å²) in [5, 5.41) is 3.00. The summed E-state index contributed by atoms with van der Waals surface area (Å²) in [4.78, 5) is 14.2. The standard InChI is InChI=1S/C13H25BrN2O/c1-11(9-15-12(17)13(2,3)14)10-16-7-5-4-6-8-16/h11H,4-10H2,1-3H3,(H,15,17). The minimum Gasteiger partial charge on any atom is -0.355 e. The molecular weight excluding hydrogens is 280 g/mol. The molecule has 1 aliphatic rings. The number of hydrogen-bond acceptors (Lipinski definition) is 2. The molecule has 1 amide bonds. The van der Waals surface area contributed by atoms with Crippen LogP contribution < -0.4 is 5.32 Å². The van der Waals surface area contributed by atoms with Crippen LogP contribution in [0, 0.1) is 5.92 Å². The molecule has 4 heteroatoms. The second-order valence-electron chi connectivity index (χ2n) is 5.65. The maximum absolute atomic E-state index is 11.7. The largest absolute Gasteiger partial charge is 0.355 e. The SMILES string of the molecule is CC(CNC(=O)C(C)(C)Br)CN1CCCCC1. The van der Waals surface area contributed by atoms with Gasteiger partial charge in [-0.3, -0.25) is 4.79 Å². The van der Waals surface area contributed by atoms with Crippen molar-refractivity contribution in [3.8, 4) is 0 Å². The van der Waals surface area contributed by atoms with Crippen LogP contribution in [0.3, 0.4) is 0 Å². The quantitative estimate of drug-likeness (QED) is 0.791. The van der Waals surface area contributed by atoms with E-state index in [1.54, 1.807) is 0 Å². The number of likely N-dealkylation sites (tertiary alicyclic amines) is 1. The van der Waals surface area contributed by atoms with Gasteiger partial charge >= 0.3 is 0 Å². The molecule has 3 nitrogen and oxygen atoms in total. The molecule has 0 spiro atoms. The summed E-state index contributed by atoms with van der Waals surface area (Å²) in [6.07, 6.45) is 4.03. The normalized spacial score (nSPS) is 20.0. The Morgan fingerprint density at radius 1 is 1.35 bits per heavy atom. The molecule has 1 fully saturated rings. The second-order valence-corrected chi connectivity index (χ2v) is 7.63. The van der Waals surface area contributed by atoms with E-state index in [1.165, 1.54) is 32.4 Å². The van der Waals surface area contributed by atoms with Crippen molar-refractivity contribution in [1.82, 2.24) is 10.2 Å². The lowest BCUT2D eigenvalue weighted by molar-refractivity contribution is -0.122. The van der Waals surface area contributed by atoms with Crippen LogP contribution in [0.1, 0.15) is 40.0 Å². The van der Waals surface area contributed by atoms with E-state index in [9.17, 15) is 4.79 Å². The first-order chi connectivity index (χ1) is 7.89. The molecule has 0 bridgehead atoms. The summed E-state index contributed by atoms with van der Waals surface area (Å²) < 4.78 is -0.460. The van der Waals surface area contributed by atoms with Crippen LogP contribution in [-0.2, 0) is 4.79 Å². The lowest BCUT2D eigenvalue weighted by atomic mass is 10.1. The van der Waals surface area contributed by atoms with Gasteiger partial charge in [-0.05, 0) is 45.7 Å². The number of rotatable bonds is 5. The van der Waals surface area contributed by atoms with Crippen LogP contribution in [0.25, 0.3) is 0 Å². The molecular formula is C13H25BrN2O. The number of piperidine rings is 1. The zero-order valence-electron chi connectivity index (χ0n) is 11.3. The molecule has 1 aliphatic heterocycles. The summed E-state index contributed by atoms with van der Waals surface area (Å²) in [6.45, 7) is 10.3. The van der Waals surface area contributed by atoms with Crippen LogP contribution in [0.2, 0.25) is 0 Å². The summed E-state index contributed by atoms with van der Waals surface area (Å²) in [5.74, 6) is 0.592. The third kappa shape index (κ3) is 5.87. The zero-order valence-corrected chi connectivity index (χ0v) is 12.8. The maximum atomic E-state index is 11.7. The fraction of sp³-hybridized carbons (Fsp3) is 0.923. The number of alkyl halides is 1. The molecule has 0 aliphatic carbocycles. The minimum absolute atomic E-state index is 0.0722. The molecule has 1 N–H and O–H groups in total. The van der Waals surface area contributed by atoms with Gasteiger partial charge in [-0.1, -0.05) is 29.3 Å². The Kier molecular flexibility index (Phi) is 5.93. The number of carbonyl (C=O) groups excluding carboxylic acids is 1. The van der Waals surface area contributed by atoms with Gasteiger partial charge in [0.05, 0.1) is 4.32 Å². The molecule has 0 saturated carbocycles. The summed E-state index contributed by atoms with van der Waals surface area (Å²) in [6, 6.07) is 0. The Morgan fingerprint density at radius 2 is 1.94 bits per heavy atom. The van der Waals surface area contributed by atoms with E-state index >= 15 is 0 Å². The van der Waals surface area contributed by atoms with Gasteiger partial charge in [0, 0.05) is 13.1 Å². The summed E-state index contributed by atoms with van der Waals surface area (Å²) >= 11 is 3.37. The Labute approximate surface area is 113 Å². The Bertz CT molecular complexity index is 244. The lowest BCUT2D eigenvalue weighted by Crippen LogP contribution is -2.42. The number of hydrogen-bond donors (Lipinski definition) is 1. The van der Waals surface area contributed by atoms with Gasteiger partial charge in [0.15, 0.2) is 0 Å². The predicted octanol–water partition coefficient (Wildman–Crippen LogP) is 2.40. The van der Waals surface area contributed by atoms with Crippen molar-refractivity contribution >= 4 is 21.8 Å². The highest BCUT2D eigenvalue weighted by molar-refractivity contribution is 9.10. The molecule has 1 unspecified atom stereocenters. The number of carbonyl (C=O) groups is 1. The number of nitrogens with zero attached hydrogens (tertiary/aromatic N) is 1. The molecule has 0 aromatic rings.